The Kier molecular flexibility index (Phi) is 6.87. The normalized spacial score (nSPS) is 11.2. The van der Waals surface area contributed by atoms with Gasteiger partial charge in [0.2, 0.25) is 0 Å². The smallest absolute Gasteiger partial charge is 0.191 e. The number of methoxy groups -OCH3 is 1. The maximum absolute atomic E-state index is 5.70. The van der Waals surface area contributed by atoms with Crippen molar-refractivity contribution in [1.29, 1.82) is 0 Å². The molecule has 0 atom stereocenters. The first-order chi connectivity index (χ1) is 11.6. The number of aromatic nitrogens is 1. The van der Waals surface area contributed by atoms with Crippen LogP contribution in [0.5, 0.6) is 11.5 Å². The molecule has 0 radical (unpaired) electrons. The summed E-state index contributed by atoms with van der Waals surface area (Å²) in [5, 5.41) is 7.60. The van der Waals surface area contributed by atoms with Crippen LogP contribution in [0.2, 0.25) is 0 Å². The molecule has 0 unspecified atom stereocenters. The Morgan fingerprint density at radius 1 is 1.25 bits per heavy atom. The average molecular weight is 348 g/mol. The van der Waals surface area contributed by atoms with Crippen molar-refractivity contribution in [3.63, 3.8) is 0 Å². The Bertz CT molecular complexity index is 685. The molecule has 0 aliphatic heterocycles. The Labute approximate surface area is 146 Å². The van der Waals surface area contributed by atoms with Crippen molar-refractivity contribution < 1.29 is 9.47 Å². The molecule has 1 aromatic carbocycles. The van der Waals surface area contributed by atoms with E-state index >= 15 is 0 Å². The first-order valence-corrected chi connectivity index (χ1v) is 8.58. The molecule has 2 N–H and O–H groups in total. The molecule has 0 saturated carbocycles. The molecule has 24 heavy (non-hydrogen) atoms. The Morgan fingerprint density at radius 3 is 2.71 bits per heavy atom. The highest BCUT2D eigenvalue weighted by Crippen LogP contribution is 2.18. The van der Waals surface area contributed by atoms with E-state index in [1.807, 2.05) is 38.1 Å². The second-order valence-electron chi connectivity index (χ2n) is 5.12. The summed E-state index contributed by atoms with van der Waals surface area (Å²) in [6.07, 6.45) is 0. The van der Waals surface area contributed by atoms with E-state index in [0.717, 1.165) is 28.2 Å². The lowest BCUT2D eigenvalue weighted by Gasteiger charge is -2.12. The summed E-state index contributed by atoms with van der Waals surface area (Å²) in [5.74, 6) is 2.32. The van der Waals surface area contributed by atoms with Crippen molar-refractivity contribution in [2.45, 2.75) is 20.4 Å². The van der Waals surface area contributed by atoms with E-state index in [-0.39, 0.29) is 0 Å². The van der Waals surface area contributed by atoms with Crippen LogP contribution in [0.3, 0.4) is 0 Å². The van der Waals surface area contributed by atoms with Crippen molar-refractivity contribution in [2.75, 3.05) is 27.3 Å². The summed E-state index contributed by atoms with van der Waals surface area (Å²) in [5.41, 5.74) is 1.07. The van der Waals surface area contributed by atoms with Crippen molar-refractivity contribution in [3.8, 4) is 11.5 Å². The number of benzene rings is 1. The van der Waals surface area contributed by atoms with Crippen LogP contribution in [0.15, 0.2) is 29.3 Å². The molecule has 7 heteroatoms. The van der Waals surface area contributed by atoms with Crippen LogP contribution >= 0.6 is 11.3 Å². The van der Waals surface area contributed by atoms with E-state index < -0.39 is 0 Å². The topological polar surface area (TPSA) is 67.8 Å². The minimum atomic E-state index is 0.534. The molecule has 1 aromatic heterocycles. The summed E-state index contributed by atoms with van der Waals surface area (Å²) in [7, 11) is 3.39. The Hall–Kier alpha value is -2.28. The van der Waals surface area contributed by atoms with Crippen molar-refractivity contribution >= 4 is 17.3 Å². The number of ether oxygens (including phenoxy) is 2. The molecule has 2 aromatic rings. The number of hydrogen-bond donors (Lipinski definition) is 2. The van der Waals surface area contributed by atoms with Gasteiger partial charge in [-0.2, -0.15) is 0 Å². The van der Waals surface area contributed by atoms with E-state index in [0.29, 0.717) is 19.7 Å². The number of aliphatic imine (C=N–C) groups is 1. The minimum Gasteiger partial charge on any atom is -0.497 e. The molecule has 0 aliphatic rings. The van der Waals surface area contributed by atoms with Gasteiger partial charge in [0.15, 0.2) is 5.96 Å². The lowest BCUT2D eigenvalue weighted by Crippen LogP contribution is -2.38. The standard InChI is InChI=1S/C17H24N4O2S/c1-12-16(24-13(2)21-12)11-20-17(18-3)19-8-9-23-15-7-5-6-14(10-15)22-4/h5-7,10H,8-9,11H2,1-4H3,(H2,18,19,20). The van der Waals surface area contributed by atoms with Crippen molar-refractivity contribution in [1.82, 2.24) is 15.6 Å². The maximum Gasteiger partial charge on any atom is 0.191 e. The van der Waals surface area contributed by atoms with Gasteiger partial charge in [-0.05, 0) is 26.0 Å². The van der Waals surface area contributed by atoms with Crippen LogP contribution in [-0.2, 0) is 6.54 Å². The Balaban J connectivity index is 1.72. The quantitative estimate of drug-likeness (QED) is 0.457. The largest absolute Gasteiger partial charge is 0.497 e. The predicted octanol–water partition coefficient (Wildman–Crippen LogP) is 2.51. The average Bonchev–Trinajstić information content (AvgIpc) is 2.92. The second kappa shape index (κ2) is 9.12. The third-order valence-electron chi connectivity index (χ3n) is 3.34. The lowest BCUT2D eigenvalue weighted by molar-refractivity contribution is 0.319. The van der Waals surface area contributed by atoms with Crippen LogP contribution in [0.1, 0.15) is 15.6 Å². The molecular formula is C17H24N4O2S. The number of guanidine groups is 1. The number of nitrogens with one attached hydrogen (secondary N) is 2. The fourth-order valence-electron chi connectivity index (χ4n) is 2.15. The summed E-state index contributed by atoms with van der Waals surface area (Å²) in [4.78, 5) is 9.87. The highest BCUT2D eigenvalue weighted by atomic mass is 32.1. The zero-order chi connectivity index (χ0) is 17.4. The van der Waals surface area contributed by atoms with Gasteiger partial charge >= 0.3 is 0 Å². The van der Waals surface area contributed by atoms with Crippen LogP contribution in [0.4, 0.5) is 0 Å². The molecule has 0 fully saturated rings. The summed E-state index contributed by atoms with van der Waals surface area (Å²) < 4.78 is 10.9. The maximum atomic E-state index is 5.70. The van der Waals surface area contributed by atoms with Crippen molar-refractivity contribution in [2.24, 2.45) is 4.99 Å². The lowest BCUT2D eigenvalue weighted by atomic mass is 10.3. The number of thiazole rings is 1. The first kappa shape index (κ1) is 18.1. The fourth-order valence-corrected chi connectivity index (χ4v) is 3.03. The molecule has 0 aliphatic carbocycles. The molecule has 0 bridgehead atoms. The highest BCUT2D eigenvalue weighted by Gasteiger charge is 2.05. The number of aryl methyl sites for hydroxylation is 2. The van der Waals surface area contributed by atoms with Crippen LogP contribution in [0, 0.1) is 13.8 Å². The van der Waals surface area contributed by atoms with Gasteiger partial charge in [0.25, 0.3) is 0 Å². The SMILES string of the molecule is CN=C(NCCOc1cccc(OC)c1)NCc1sc(C)nc1C. The zero-order valence-electron chi connectivity index (χ0n) is 14.5. The molecule has 2 rings (SSSR count). The third kappa shape index (κ3) is 5.42. The first-order valence-electron chi connectivity index (χ1n) is 7.76. The van der Waals surface area contributed by atoms with E-state index in [9.17, 15) is 0 Å². The highest BCUT2D eigenvalue weighted by molar-refractivity contribution is 7.11. The molecule has 6 nitrogen and oxygen atoms in total. The number of nitrogens with zero attached hydrogens (tertiary/aromatic N) is 2. The van der Waals surface area contributed by atoms with Gasteiger partial charge in [-0.1, -0.05) is 6.07 Å². The predicted molar refractivity (Wildman–Crippen MR) is 98.3 cm³/mol. The zero-order valence-corrected chi connectivity index (χ0v) is 15.4. The Morgan fingerprint density at radius 2 is 2.04 bits per heavy atom. The van der Waals surface area contributed by atoms with Gasteiger partial charge in [-0.15, -0.1) is 11.3 Å². The van der Waals surface area contributed by atoms with Crippen LogP contribution in [-0.4, -0.2) is 38.3 Å². The van der Waals surface area contributed by atoms with E-state index in [1.54, 1.807) is 25.5 Å². The summed E-state index contributed by atoms with van der Waals surface area (Å²) in [6, 6.07) is 7.56. The molecule has 0 saturated heterocycles. The molecule has 1 heterocycles. The fraction of sp³-hybridized carbons (Fsp3) is 0.412. The monoisotopic (exact) mass is 348 g/mol. The van der Waals surface area contributed by atoms with Crippen LogP contribution < -0.4 is 20.1 Å². The van der Waals surface area contributed by atoms with Gasteiger partial charge in [-0.3, -0.25) is 4.99 Å². The van der Waals surface area contributed by atoms with Crippen molar-refractivity contribution in [3.05, 3.63) is 39.8 Å². The van der Waals surface area contributed by atoms with E-state index in [1.165, 1.54) is 4.88 Å². The van der Waals surface area contributed by atoms with Gasteiger partial charge in [-0.25, -0.2) is 4.98 Å². The minimum absolute atomic E-state index is 0.534. The van der Waals surface area contributed by atoms with E-state index in [2.05, 4.69) is 20.6 Å². The van der Waals surface area contributed by atoms with Gasteiger partial charge in [0.05, 0.1) is 30.9 Å². The van der Waals surface area contributed by atoms with Gasteiger partial charge in [0.1, 0.15) is 18.1 Å². The third-order valence-corrected chi connectivity index (χ3v) is 4.42. The number of hydrogen-bond acceptors (Lipinski definition) is 5. The number of rotatable bonds is 7. The molecular weight excluding hydrogens is 324 g/mol. The van der Waals surface area contributed by atoms with Gasteiger partial charge in [0, 0.05) is 18.0 Å². The molecule has 0 spiro atoms. The van der Waals surface area contributed by atoms with Gasteiger partial charge < -0.3 is 20.1 Å². The summed E-state index contributed by atoms with van der Waals surface area (Å²) >= 11 is 1.70. The molecule has 0 amide bonds. The van der Waals surface area contributed by atoms with E-state index in [4.69, 9.17) is 9.47 Å². The second-order valence-corrected chi connectivity index (χ2v) is 6.41. The summed E-state index contributed by atoms with van der Waals surface area (Å²) in [6.45, 7) is 5.95. The van der Waals surface area contributed by atoms with Crippen LogP contribution in [0.25, 0.3) is 0 Å². The molecule has 130 valence electrons.